The summed E-state index contributed by atoms with van der Waals surface area (Å²) in [4.78, 5) is 0. The second-order valence-corrected chi connectivity index (χ2v) is 2.53. The summed E-state index contributed by atoms with van der Waals surface area (Å²) in [6, 6.07) is 1.87. The highest BCUT2D eigenvalue weighted by atomic mass is 15.4. The van der Waals surface area contributed by atoms with Crippen molar-refractivity contribution in [2.45, 2.75) is 0 Å². The quantitative estimate of drug-likeness (QED) is 0.652. The summed E-state index contributed by atoms with van der Waals surface area (Å²) in [5, 5.41) is 8.07. The maximum atomic E-state index is 5.52. The molecule has 0 fully saturated rings. The summed E-state index contributed by atoms with van der Waals surface area (Å²) in [7, 11) is 1.85. The third-order valence-corrected chi connectivity index (χ3v) is 1.63. The second kappa shape index (κ2) is 2.37. The van der Waals surface area contributed by atoms with E-state index in [0.717, 1.165) is 5.82 Å². The first-order chi connectivity index (χ1) is 5.77. The van der Waals surface area contributed by atoms with Crippen molar-refractivity contribution in [1.29, 1.82) is 0 Å². The molecule has 2 aromatic heterocycles. The topological polar surface area (TPSA) is 61.7 Å². The molecule has 0 atom stereocenters. The molecule has 0 amide bonds. The molecule has 0 aliphatic heterocycles. The van der Waals surface area contributed by atoms with Crippen molar-refractivity contribution in [3.8, 4) is 5.82 Å². The molecule has 0 spiro atoms. The molecule has 62 valence electrons. The fourth-order valence-corrected chi connectivity index (χ4v) is 1.05. The van der Waals surface area contributed by atoms with Gasteiger partial charge in [0.1, 0.15) is 0 Å². The molecule has 5 heteroatoms. The van der Waals surface area contributed by atoms with Crippen LogP contribution < -0.4 is 5.73 Å². The summed E-state index contributed by atoms with van der Waals surface area (Å²) < 4.78 is 3.41. The van der Waals surface area contributed by atoms with Crippen LogP contribution in [-0.2, 0) is 7.05 Å². The highest BCUT2D eigenvalue weighted by Crippen LogP contribution is 2.06. The fourth-order valence-electron chi connectivity index (χ4n) is 1.05. The molecule has 0 saturated heterocycles. The van der Waals surface area contributed by atoms with E-state index in [1.54, 1.807) is 28.0 Å². The minimum absolute atomic E-state index is 0.649. The van der Waals surface area contributed by atoms with Gasteiger partial charge >= 0.3 is 0 Å². The normalized spacial score (nSPS) is 10.4. The van der Waals surface area contributed by atoms with Crippen molar-refractivity contribution in [3.63, 3.8) is 0 Å². The number of anilines is 1. The molecule has 0 bridgehead atoms. The van der Waals surface area contributed by atoms with Crippen molar-refractivity contribution in [3.05, 3.63) is 24.7 Å². The Morgan fingerprint density at radius 2 is 2.25 bits per heavy atom. The Hall–Kier alpha value is -1.78. The van der Waals surface area contributed by atoms with E-state index in [4.69, 9.17) is 5.73 Å². The van der Waals surface area contributed by atoms with Gasteiger partial charge in [-0.05, 0) is 0 Å². The predicted octanol–water partition coefficient (Wildman–Crippen LogP) is 0.188. The highest BCUT2D eigenvalue weighted by molar-refractivity contribution is 5.34. The monoisotopic (exact) mass is 163 g/mol. The van der Waals surface area contributed by atoms with Gasteiger partial charge in [0.2, 0.25) is 0 Å². The van der Waals surface area contributed by atoms with E-state index in [0.29, 0.717) is 5.69 Å². The van der Waals surface area contributed by atoms with Gasteiger partial charge in [0.05, 0.1) is 24.3 Å². The molecule has 0 saturated carbocycles. The van der Waals surface area contributed by atoms with Crippen LogP contribution in [0, 0.1) is 0 Å². The molecule has 5 nitrogen and oxygen atoms in total. The van der Waals surface area contributed by atoms with Gasteiger partial charge in [0, 0.05) is 13.1 Å². The molecule has 2 aromatic rings. The van der Waals surface area contributed by atoms with Gasteiger partial charge < -0.3 is 5.73 Å². The van der Waals surface area contributed by atoms with Crippen LogP contribution in [0.15, 0.2) is 24.7 Å². The number of rotatable bonds is 1. The van der Waals surface area contributed by atoms with Crippen LogP contribution in [0.5, 0.6) is 0 Å². The first kappa shape index (κ1) is 6.90. The Labute approximate surface area is 69.4 Å². The molecule has 12 heavy (non-hydrogen) atoms. The third kappa shape index (κ3) is 0.952. The van der Waals surface area contributed by atoms with Gasteiger partial charge in [0.15, 0.2) is 5.82 Å². The standard InChI is InChI=1S/C7H9N5/c1-11-7(2-3-9-11)12-5-6(8)4-10-12/h2-5H,8H2,1H3. The largest absolute Gasteiger partial charge is 0.396 e. The molecular formula is C7H9N5. The summed E-state index contributed by atoms with van der Waals surface area (Å²) in [6.07, 6.45) is 5.07. The lowest BCUT2D eigenvalue weighted by Crippen LogP contribution is -2.02. The lowest BCUT2D eigenvalue weighted by Gasteiger charge is -1.99. The van der Waals surface area contributed by atoms with Crippen LogP contribution in [0.4, 0.5) is 5.69 Å². The number of hydrogen-bond acceptors (Lipinski definition) is 3. The second-order valence-electron chi connectivity index (χ2n) is 2.53. The van der Waals surface area contributed by atoms with Crippen molar-refractivity contribution in [1.82, 2.24) is 19.6 Å². The molecule has 0 aliphatic rings. The first-order valence-corrected chi connectivity index (χ1v) is 3.56. The molecule has 0 radical (unpaired) electrons. The molecule has 0 unspecified atom stereocenters. The van der Waals surface area contributed by atoms with Gasteiger partial charge in [0.25, 0.3) is 0 Å². The van der Waals surface area contributed by atoms with Crippen molar-refractivity contribution in [2.24, 2.45) is 7.05 Å². The number of nitrogen functional groups attached to an aromatic ring is 1. The highest BCUT2D eigenvalue weighted by Gasteiger charge is 2.01. The Bertz CT molecular complexity index is 386. The predicted molar refractivity (Wildman–Crippen MR) is 44.7 cm³/mol. The molecule has 0 aliphatic carbocycles. The Kier molecular flexibility index (Phi) is 1.36. The molecule has 0 aromatic carbocycles. The lowest BCUT2D eigenvalue weighted by molar-refractivity contribution is 0.699. The summed E-state index contributed by atoms with van der Waals surface area (Å²) >= 11 is 0. The van der Waals surface area contributed by atoms with E-state index in [2.05, 4.69) is 10.2 Å². The summed E-state index contributed by atoms with van der Waals surface area (Å²) in [5.74, 6) is 0.895. The lowest BCUT2D eigenvalue weighted by atomic mass is 10.6. The maximum absolute atomic E-state index is 5.52. The number of nitrogens with two attached hydrogens (primary N) is 1. The molecule has 2 heterocycles. The first-order valence-electron chi connectivity index (χ1n) is 3.56. The zero-order chi connectivity index (χ0) is 8.55. The Morgan fingerprint density at radius 1 is 1.42 bits per heavy atom. The minimum atomic E-state index is 0.649. The number of hydrogen-bond donors (Lipinski definition) is 1. The average molecular weight is 163 g/mol. The minimum Gasteiger partial charge on any atom is -0.396 e. The summed E-state index contributed by atoms with van der Waals surface area (Å²) in [6.45, 7) is 0. The third-order valence-electron chi connectivity index (χ3n) is 1.63. The molecular weight excluding hydrogens is 154 g/mol. The van der Waals surface area contributed by atoms with Crippen LogP contribution in [0.2, 0.25) is 0 Å². The van der Waals surface area contributed by atoms with E-state index in [1.165, 1.54) is 0 Å². The van der Waals surface area contributed by atoms with Crippen molar-refractivity contribution in [2.75, 3.05) is 5.73 Å². The van der Waals surface area contributed by atoms with Crippen LogP contribution in [0.25, 0.3) is 5.82 Å². The van der Waals surface area contributed by atoms with Crippen molar-refractivity contribution >= 4 is 5.69 Å². The van der Waals surface area contributed by atoms with Crippen LogP contribution in [-0.4, -0.2) is 19.6 Å². The maximum Gasteiger partial charge on any atom is 0.151 e. The average Bonchev–Trinajstić information content (AvgIpc) is 2.58. The molecule has 2 N–H and O–H groups in total. The number of aromatic nitrogens is 4. The van der Waals surface area contributed by atoms with Gasteiger partial charge in [-0.2, -0.15) is 10.2 Å². The van der Waals surface area contributed by atoms with Gasteiger partial charge in [-0.25, -0.2) is 4.68 Å². The van der Waals surface area contributed by atoms with E-state index in [-0.39, 0.29) is 0 Å². The van der Waals surface area contributed by atoms with Gasteiger partial charge in [-0.1, -0.05) is 0 Å². The SMILES string of the molecule is Cn1nccc1-n1cc(N)cn1. The van der Waals surface area contributed by atoms with Crippen LogP contribution in [0.1, 0.15) is 0 Å². The van der Waals surface area contributed by atoms with Gasteiger partial charge in [-0.3, -0.25) is 4.68 Å². The Morgan fingerprint density at radius 3 is 2.75 bits per heavy atom. The zero-order valence-electron chi connectivity index (χ0n) is 6.68. The van der Waals surface area contributed by atoms with E-state index >= 15 is 0 Å². The van der Waals surface area contributed by atoms with Crippen LogP contribution in [0.3, 0.4) is 0 Å². The number of aryl methyl sites for hydroxylation is 1. The van der Waals surface area contributed by atoms with Crippen molar-refractivity contribution < 1.29 is 0 Å². The Balaban J connectivity index is 2.50. The summed E-state index contributed by atoms with van der Waals surface area (Å²) in [5.41, 5.74) is 6.17. The smallest absolute Gasteiger partial charge is 0.151 e. The zero-order valence-corrected chi connectivity index (χ0v) is 6.68. The van der Waals surface area contributed by atoms with Crippen LogP contribution >= 0.6 is 0 Å². The van der Waals surface area contributed by atoms with E-state index < -0.39 is 0 Å². The number of nitrogens with zero attached hydrogens (tertiary/aromatic N) is 4. The molecule has 2 rings (SSSR count). The van der Waals surface area contributed by atoms with Gasteiger partial charge in [-0.15, -0.1) is 0 Å². The van der Waals surface area contributed by atoms with E-state index in [1.807, 2.05) is 13.1 Å². The fraction of sp³-hybridized carbons (Fsp3) is 0.143. The van der Waals surface area contributed by atoms with E-state index in [9.17, 15) is 0 Å².